The van der Waals surface area contributed by atoms with Gasteiger partial charge in [0, 0.05) is 28.9 Å². The van der Waals surface area contributed by atoms with E-state index in [1.807, 2.05) is 31.3 Å². The van der Waals surface area contributed by atoms with Crippen LogP contribution in [0.3, 0.4) is 0 Å². The van der Waals surface area contributed by atoms with E-state index in [9.17, 15) is 0 Å². The van der Waals surface area contributed by atoms with Crippen molar-refractivity contribution in [1.29, 1.82) is 0 Å². The number of nitrogens with zero attached hydrogens (tertiary/aromatic N) is 2. The van der Waals surface area contributed by atoms with E-state index in [0.717, 1.165) is 35.1 Å². The van der Waals surface area contributed by atoms with Gasteiger partial charge in [-0.2, -0.15) is 0 Å². The van der Waals surface area contributed by atoms with E-state index in [4.69, 9.17) is 16.6 Å². The van der Waals surface area contributed by atoms with Crippen LogP contribution in [0.2, 0.25) is 5.02 Å². The largest absolute Gasteiger partial charge is 0.373 e. The summed E-state index contributed by atoms with van der Waals surface area (Å²) in [6.45, 7) is 0. The smallest absolute Gasteiger partial charge is 0.161 e. The van der Waals surface area contributed by atoms with E-state index in [1.165, 1.54) is 30.5 Å². The van der Waals surface area contributed by atoms with Crippen molar-refractivity contribution >= 4 is 17.4 Å². The molecule has 0 radical (unpaired) electrons. The van der Waals surface area contributed by atoms with E-state index in [-0.39, 0.29) is 0 Å². The zero-order chi connectivity index (χ0) is 13.9. The van der Waals surface area contributed by atoms with Crippen molar-refractivity contribution in [3.63, 3.8) is 0 Å². The summed E-state index contributed by atoms with van der Waals surface area (Å²) in [5, 5.41) is 3.96. The van der Waals surface area contributed by atoms with Gasteiger partial charge in [-0.3, -0.25) is 0 Å². The van der Waals surface area contributed by atoms with Crippen LogP contribution in [0.4, 0.5) is 5.82 Å². The molecule has 0 bridgehead atoms. The molecule has 0 unspecified atom stereocenters. The molecule has 1 aromatic heterocycles. The Morgan fingerprint density at radius 3 is 2.50 bits per heavy atom. The topological polar surface area (TPSA) is 37.8 Å². The molecule has 4 heteroatoms. The maximum Gasteiger partial charge on any atom is 0.161 e. The molecular weight excluding hydrogens is 270 g/mol. The highest BCUT2D eigenvalue weighted by Crippen LogP contribution is 2.28. The van der Waals surface area contributed by atoms with E-state index in [1.54, 1.807) is 0 Å². The number of benzene rings is 1. The second-order valence-electron chi connectivity index (χ2n) is 5.14. The average Bonchev–Trinajstić information content (AvgIpc) is 2.72. The van der Waals surface area contributed by atoms with Crippen LogP contribution in [0.25, 0.3) is 11.4 Å². The van der Waals surface area contributed by atoms with Gasteiger partial charge in [0.1, 0.15) is 5.82 Å². The first kappa shape index (κ1) is 13.4. The Balaban J connectivity index is 2.08. The second-order valence-corrected chi connectivity index (χ2v) is 5.58. The van der Waals surface area contributed by atoms with Crippen LogP contribution in [-0.2, 0) is 12.8 Å². The van der Waals surface area contributed by atoms with Crippen molar-refractivity contribution in [2.75, 3.05) is 12.4 Å². The number of fused-ring (bicyclic) bond motifs is 1. The van der Waals surface area contributed by atoms with Crippen molar-refractivity contribution in [3.05, 3.63) is 40.5 Å². The van der Waals surface area contributed by atoms with Crippen molar-refractivity contribution < 1.29 is 0 Å². The second kappa shape index (κ2) is 5.80. The molecule has 1 N–H and O–H groups in total. The van der Waals surface area contributed by atoms with Crippen molar-refractivity contribution in [2.24, 2.45) is 0 Å². The number of aryl methyl sites for hydroxylation is 1. The van der Waals surface area contributed by atoms with Gasteiger partial charge >= 0.3 is 0 Å². The number of anilines is 1. The third-order valence-corrected chi connectivity index (χ3v) is 4.02. The number of hydrogen-bond donors (Lipinski definition) is 1. The number of nitrogens with one attached hydrogen (secondary N) is 1. The van der Waals surface area contributed by atoms with Crippen LogP contribution < -0.4 is 5.32 Å². The van der Waals surface area contributed by atoms with Crippen LogP contribution in [0, 0.1) is 0 Å². The normalized spacial score (nSPS) is 14.5. The van der Waals surface area contributed by atoms with Crippen molar-refractivity contribution in [2.45, 2.75) is 32.1 Å². The van der Waals surface area contributed by atoms with Gasteiger partial charge in [0.2, 0.25) is 0 Å². The molecule has 0 atom stereocenters. The Hall–Kier alpha value is -1.61. The fraction of sp³-hybridized carbons (Fsp3) is 0.375. The highest BCUT2D eigenvalue weighted by atomic mass is 35.5. The molecule has 20 heavy (non-hydrogen) atoms. The van der Waals surface area contributed by atoms with Gasteiger partial charge in [0.05, 0.1) is 0 Å². The fourth-order valence-electron chi connectivity index (χ4n) is 2.71. The molecule has 0 amide bonds. The van der Waals surface area contributed by atoms with E-state index >= 15 is 0 Å². The number of halogens is 1. The minimum absolute atomic E-state index is 0.734. The fourth-order valence-corrected chi connectivity index (χ4v) is 2.83. The molecule has 0 fully saturated rings. The summed E-state index contributed by atoms with van der Waals surface area (Å²) in [7, 11) is 1.93. The molecule has 104 valence electrons. The molecule has 1 heterocycles. The van der Waals surface area contributed by atoms with Gasteiger partial charge in [-0.1, -0.05) is 18.0 Å². The summed E-state index contributed by atoms with van der Waals surface area (Å²) in [5.41, 5.74) is 3.51. The summed E-state index contributed by atoms with van der Waals surface area (Å²) in [4.78, 5) is 9.47. The SMILES string of the molecule is CNc1nc(-c2ccc(Cl)cc2)nc2c1CCCCC2. The number of aromatic nitrogens is 2. The van der Waals surface area contributed by atoms with Crippen molar-refractivity contribution in [1.82, 2.24) is 9.97 Å². The molecule has 1 aliphatic carbocycles. The Labute approximate surface area is 124 Å². The third-order valence-electron chi connectivity index (χ3n) is 3.77. The highest BCUT2D eigenvalue weighted by Gasteiger charge is 2.16. The molecule has 0 spiro atoms. The lowest BCUT2D eigenvalue weighted by Crippen LogP contribution is -2.06. The van der Waals surface area contributed by atoms with Crippen LogP contribution in [-0.4, -0.2) is 17.0 Å². The Bertz CT molecular complexity index is 608. The maximum absolute atomic E-state index is 5.94. The zero-order valence-electron chi connectivity index (χ0n) is 11.6. The predicted molar refractivity (Wildman–Crippen MR) is 83.3 cm³/mol. The monoisotopic (exact) mass is 287 g/mol. The summed E-state index contributed by atoms with van der Waals surface area (Å²) in [5.74, 6) is 1.76. The zero-order valence-corrected chi connectivity index (χ0v) is 12.4. The Morgan fingerprint density at radius 1 is 1.00 bits per heavy atom. The first-order valence-corrected chi connectivity index (χ1v) is 7.49. The minimum atomic E-state index is 0.734. The van der Waals surface area contributed by atoms with Gasteiger partial charge in [-0.15, -0.1) is 0 Å². The van der Waals surface area contributed by atoms with Gasteiger partial charge < -0.3 is 5.32 Å². The molecule has 1 aliphatic rings. The molecule has 1 aromatic carbocycles. The van der Waals surface area contributed by atoms with Gasteiger partial charge in [-0.25, -0.2) is 9.97 Å². The molecule has 3 rings (SSSR count). The Kier molecular flexibility index (Phi) is 3.88. The molecular formula is C16H18ClN3. The quantitative estimate of drug-likeness (QED) is 0.845. The van der Waals surface area contributed by atoms with Crippen LogP contribution >= 0.6 is 11.6 Å². The van der Waals surface area contributed by atoms with Gasteiger partial charge in [0.25, 0.3) is 0 Å². The number of rotatable bonds is 2. The maximum atomic E-state index is 5.94. The first-order chi connectivity index (χ1) is 9.78. The molecule has 0 saturated carbocycles. The molecule has 3 nitrogen and oxygen atoms in total. The van der Waals surface area contributed by atoms with Crippen LogP contribution in [0.1, 0.15) is 30.5 Å². The van der Waals surface area contributed by atoms with E-state index in [0.29, 0.717) is 0 Å². The van der Waals surface area contributed by atoms with Gasteiger partial charge in [0.15, 0.2) is 5.82 Å². The summed E-state index contributed by atoms with van der Waals surface area (Å²) < 4.78 is 0. The molecule has 2 aromatic rings. The van der Waals surface area contributed by atoms with Gasteiger partial charge in [-0.05, 0) is 49.9 Å². The van der Waals surface area contributed by atoms with E-state index in [2.05, 4.69) is 10.3 Å². The number of hydrogen-bond acceptors (Lipinski definition) is 3. The van der Waals surface area contributed by atoms with Crippen LogP contribution in [0.5, 0.6) is 0 Å². The lowest BCUT2D eigenvalue weighted by Gasteiger charge is -2.13. The van der Waals surface area contributed by atoms with E-state index < -0.39 is 0 Å². The standard InChI is InChI=1S/C16H18ClN3/c1-18-16-13-5-3-2-4-6-14(13)19-15(20-16)11-7-9-12(17)10-8-11/h7-10H,2-6H2,1H3,(H,18,19,20). The predicted octanol–water partition coefficient (Wildman–Crippen LogP) is 4.11. The first-order valence-electron chi connectivity index (χ1n) is 7.11. The summed E-state index contributed by atoms with van der Waals surface area (Å²) in [6, 6.07) is 7.70. The highest BCUT2D eigenvalue weighted by molar-refractivity contribution is 6.30. The Morgan fingerprint density at radius 2 is 1.75 bits per heavy atom. The lowest BCUT2D eigenvalue weighted by atomic mass is 10.1. The summed E-state index contributed by atoms with van der Waals surface area (Å²) in [6.07, 6.45) is 5.84. The molecule has 0 saturated heterocycles. The molecule has 0 aliphatic heterocycles. The summed E-state index contributed by atoms with van der Waals surface area (Å²) >= 11 is 5.94. The van der Waals surface area contributed by atoms with Crippen LogP contribution in [0.15, 0.2) is 24.3 Å². The van der Waals surface area contributed by atoms with Crippen molar-refractivity contribution in [3.8, 4) is 11.4 Å². The lowest BCUT2D eigenvalue weighted by molar-refractivity contribution is 0.709. The minimum Gasteiger partial charge on any atom is -0.373 e. The average molecular weight is 288 g/mol. The third kappa shape index (κ3) is 2.63.